The Bertz CT molecular complexity index is 125. The Labute approximate surface area is 71.5 Å². The lowest BCUT2D eigenvalue weighted by Crippen LogP contribution is -2.24. The van der Waals surface area contributed by atoms with Crippen molar-refractivity contribution in [2.75, 3.05) is 27.8 Å². The summed E-state index contributed by atoms with van der Waals surface area (Å²) in [5.74, 6) is -0.464. The van der Waals surface area contributed by atoms with E-state index in [0.717, 1.165) is 0 Å². The van der Waals surface area contributed by atoms with E-state index in [9.17, 15) is 4.79 Å². The average Bonchev–Trinajstić information content (AvgIpc) is 2.10. The van der Waals surface area contributed by atoms with Crippen LogP contribution >= 0.6 is 0 Å². The summed E-state index contributed by atoms with van der Waals surface area (Å²) in [5.41, 5.74) is 0. The molecule has 12 heavy (non-hydrogen) atoms. The summed E-state index contributed by atoms with van der Waals surface area (Å²) in [7, 11) is 2.92. The topological polar surface area (TPSA) is 54.0 Å². The normalized spacial score (nSPS) is 12.6. The average molecular weight is 178 g/mol. The molecule has 0 amide bonds. The van der Waals surface area contributed by atoms with E-state index in [0.29, 0.717) is 0 Å². The van der Waals surface area contributed by atoms with E-state index < -0.39 is 12.1 Å². The first-order chi connectivity index (χ1) is 5.72. The summed E-state index contributed by atoms with van der Waals surface area (Å²) >= 11 is 0. The smallest absolute Gasteiger partial charge is 0.337 e. The molecule has 0 aromatic heterocycles. The summed E-state index contributed by atoms with van der Waals surface area (Å²) in [6, 6.07) is 0. The van der Waals surface area contributed by atoms with Crippen molar-refractivity contribution in [2.45, 2.75) is 13.0 Å². The second-order valence-corrected chi connectivity index (χ2v) is 2.09. The molecule has 0 saturated heterocycles. The predicted molar refractivity (Wildman–Crippen MR) is 40.4 cm³/mol. The molecule has 0 fully saturated rings. The molecule has 1 atom stereocenters. The van der Waals surface area contributed by atoms with Gasteiger partial charge in [-0.25, -0.2) is 4.79 Å². The molecule has 0 spiro atoms. The third kappa shape index (κ3) is 5.06. The van der Waals surface area contributed by atoms with E-state index in [-0.39, 0.29) is 13.6 Å². The molecule has 5 heteroatoms. The Morgan fingerprint density at radius 1 is 1.25 bits per heavy atom. The van der Waals surface area contributed by atoms with Gasteiger partial charge in [-0.05, 0) is 6.92 Å². The monoisotopic (exact) mass is 178 g/mol. The van der Waals surface area contributed by atoms with Crippen LogP contribution < -0.4 is 0 Å². The van der Waals surface area contributed by atoms with Crippen LogP contribution in [0.1, 0.15) is 6.92 Å². The molecule has 0 heterocycles. The Balaban J connectivity index is 3.47. The Kier molecular flexibility index (Phi) is 6.64. The fourth-order valence-corrected chi connectivity index (χ4v) is 0.473. The van der Waals surface area contributed by atoms with Gasteiger partial charge in [-0.3, -0.25) is 0 Å². The molecule has 0 aromatic rings. The second-order valence-electron chi connectivity index (χ2n) is 2.09. The molecule has 0 N–H and O–H groups in total. The lowest BCUT2D eigenvalue weighted by molar-refractivity contribution is -0.172. The fourth-order valence-electron chi connectivity index (χ4n) is 0.473. The van der Waals surface area contributed by atoms with Gasteiger partial charge in [-0.2, -0.15) is 0 Å². The van der Waals surface area contributed by atoms with Gasteiger partial charge in [0.05, 0.1) is 0 Å². The SMILES string of the molecule is COCOC(=O)[C@H](C)OCOC. The van der Waals surface area contributed by atoms with Crippen LogP contribution in [0.5, 0.6) is 0 Å². The van der Waals surface area contributed by atoms with Crippen molar-refractivity contribution in [3.8, 4) is 0 Å². The van der Waals surface area contributed by atoms with Crippen LogP contribution in [0.4, 0.5) is 0 Å². The number of methoxy groups -OCH3 is 2. The number of carbonyl (C=O) groups excluding carboxylic acids is 1. The summed E-state index contributed by atoms with van der Waals surface area (Å²) in [6.07, 6.45) is -0.625. The summed E-state index contributed by atoms with van der Waals surface area (Å²) in [6.45, 7) is 1.60. The molecular formula is C7H14O5. The fraction of sp³-hybridized carbons (Fsp3) is 0.857. The van der Waals surface area contributed by atoms with E-state index in [1.54, 1.807) is 6.92 Å². The molecule has 0 aromatic carbocycles. The summed E-state index contributed by atoms with van der Waals surface area (Å²) in [4.78, 5) is 10.9. The van der Waals surface area contributed by atoms with Gasteiger partial charge in [0.25, 0.3) is 0 Å². The maximum Gasteiger partial charge on any atom is 0.337 e. The van der Waals surface area contributed by atoms with Crippen LogP contribution in [-0.2, 0) is 23.7 Å². The lowest BCUT2D eigenvalue weighted by Gasteiger charge is -2.10. The molecule has 0 aliphatic rings. The molecule has 0 rings (SSSR count). The molecule has 0 unspecified atom stereocenters. The minimum atomic E-state index is -0.625. The quantitative estimate of drug-likeness (QED) is 0.428. The van der Waals surface area contributed by atoms with Crippen molar-refractivity contribution in [1.82, 2.24) is 0 Å². The highest BCUT2D eigenvalue weighted by Gasteiger charge is 2.13. The molecule has 0 bridgehead atoms. The Morgan fingerprint density at radius 2 is 1.83 bits per heavy atom. The zero-order valence-corrected chi connectivity index (χ0v) is 7.53. The van der Waals surface area contributed by atoms with Crippen LogP contribution in [0.25, 0.3) is 0 Å². The Hall–Kier alpha value is -0.650. The minimum Gasteiger partial charge on any atom is -0.437 e. The first-order valence-electron chi connectivity index (χ1n) is 3.48. The van der Waals surface area contributed by atoms with Gasteiger partial charge in [0.1, 0.15) is 6.79 Å². The molecule has 0 aliphatic carbocycles. The zero-order chi connectivity index (χ0) is 9.40. The van der Waals surface area contributed by atoms with E-state index >= 15 is 0 Å². The van der Waals surface area contributed by atoms with E-state index in [1.807, 2.05) is 0 Å². The van der Waals surface area contributed by atoms with Gasteiger partial charge in [0.2, 0.25) is 0 Å². The summed E-state index contributed by atoms with van der Waals surface area (Å²) < 4.78 is 18.6. The highest BCUT2D eigenvalue weighted by atomic mass is 16.7. The van der Waals surface area contributed by atoms with Crippen molar-refractivity contribution in [1.29, 1.82) is 0 Å². The van der Waals surface area contributed by atoms with Gasteiger partial charge in [-0.15, -0.1) is 0 Å². The Morgan fingerprint density at radius 3 is 2.33 bits per heavy atom. The molecule has 5 nitrogen and oxygen atoms in total. The van der Waals surface area contributed by atoms with Crippen LogP contribution in [0.3, 0.4) is 0 Å². The van der Waals surface area contributed by atoms with Gasteiger partial charge >= 0.3 is 5.97 Å². The number of esters is 1. The zero-order valence-electron chi connectivity index (χ0n) is 7.53. The molecular weight excluding hydrogens is 164 g/mol. The first kappa shape index (κ1) is 11.4. The molecule has 0 saturated carbocycles. The number of ether oxygens (including phenoxy) is 4. The van der Waals surface area contributed by atoms with E-state index in [4.69, 9.17) is 4.74 Å². The van der Waals surface area contributed by atoms with Crippen molar-refractivity contribution >= 4 is 5.97 Å². The largest absolute Gasteiger partial charge is 0.437 e. The highest BCUT2D eigenvalue weighted by Crippen LogP contribution is 1.94. The van der Waals surface area contributed by atoms with Gasteiger partial charge < -0.3 is 18.9 Å². The van der Waals surface area contributed by atoms with Crippen molar-refractivity contribution < 1.29 is 23.7 Å². The van der Waals surface area contributed by atoms with Gasteiger partial charge in [-0.1, -0.05) is 0 Å². The number of rotatable bonds is 6. The third-order valence-corrected chi connectivity index (χ3v) is 1.09. The summed E-state index contributed by atoms with van der Waals surface area (Å²) in [5, 5.41) is 0. The molecule has 72 valence electrons. The first-order valence-corrected chi connectivity index (χ1v) is 3.48. The maximum atomic E-state index is 10.9. The van der Waals surface area contributed by atoms with Crippen LogP contribution in [0.15, 0.2) is 0 Å². The third-order valence-electron chi connectivity index (χ3n) is 1.09. The minimum absolute atomic E-state index is 0.0560. The van der Waals surface area contributed by atoms with Crippen molar-refractivity contribution in [3.63, 3.8) is 0 Å². The van der Waals surface area contributed by atoms with Crippen LogP contribution in [0, 0.1) is 0 Å². The van der Waals surface area contributed by atoms with E-state index in [1.165, 1.54) is 14.2 Å². The number of hydrogen-bond acceptors (Lipinski definition) is 5. The maximum absolute atomic E-state index is 10.9. The number of hydrogen-bond donors (Lipinski definition) is 0. The number of carbonyl (C=O) groups is 1. The van der Waals surface area contributed by atoms with Crippen molar-refractivity contribution in [3.05, 3.63) is 0 Å². The van der Waals surface area contributed by atoms with Crippen molar-refractivity contribution in [2.24, 2.45) is 0 Å². The molecule has 0 radical (unpaired) electrons. The van der Waals surface area contributed by atoms with Gasteiger partial charge in [0.15, 0.2) is 12.9 Å². The van der Waals surface area contributed by atoms with Crippen LogP contribution in [-0.4, -0.2) is 39.9 Å². The lowest BCUT2D eigenvalue weighted by atomic mass is 10.4. The van der Waals surface area contributed by atoms with Gasteiger partial charge in [0, 0.05) is 14.2 Å². The van der Waals surface area contributed by atoms with E-state index in [2.05, 4.69) is 14.2 Å². The molecule has 0 aliphatic heterocycles. The van der Waals surface area contributed by atoms with Crippen LogP contribution in [0.2, 0.25) is 0 Å². The highest BCUT2D eigenvalue weighted by molar-refractivity contribution is 5.74. The standard InChI is InChI=1S/C7H14O5/c1-6(11-4-9-2)7(8)12-5-10-3/h6H,4-5H2,1-3H3/t6-/m0/s1. The second kappa shape index (κ2) is 7.02. The predicted octanol–water partition coefficient (Wildman–Crippen LogP) is 0.143.